The van der Waals surface area contributed by atoms with E-state index in [1.54, 1.807) is 18.4 Å². The molecule has 208 valence electrons. The highest BCUT2D eigenvalue weighted by Gasteiger charge is 2.35. The van der Waals surface area contributed by atoms with Gasteiger partial charge in [-0.2, -0.15) is 0 Å². The molecule has 0 unspecified atom stereocenters. The van der Waals surface area contributed by atoms with Crippen molar-refractivity contribution in [2.24, 2.45) is 5.41 Å². The number of rotatable bonds is 9. The third-order valence-corrected chi connectivity index (χ3v) is 9.01. The molecule has 39 heavy (non-hydrogen) atoms. The standard InChI is InChI=1S/C31H38FN3O3S/c1-37-25-6-7-29-27(20-25)30(24(21-33-29)22-35-15-17-38-18-16-35)28(32)8-9-31(23-36)10-13-34(14-11-31)12-2-4-26-5-3-19-39-26/h3,5-7,19-21,28,36H,8-18,22-23H2,1H3/t28-/m0/s1. The van der Waals surface area contributed by atoms with Crippen molar-refractivity contribution in [1.29, 1.82) is 0 Å². The van der Waals surface area contributed by atoms with Crippen LogP contribution < -0.4 is 4.74 Å². The number of alkyl halides is 1. The molecule has 0 amide bonds. The van der Waals surface area contributed by atoms with Crippen LogP contribution in [0, 0.1) is 17.3 Å². The van der Waals surface area contributed by atoms with Crippen LogP contribution in [0.25, 0.3) is 10.9 Å². The van der Waals surface area contributed by atoms with Crippen molar-refractivity contribution in [2.75, 3.05) is 59.7 Å². The second kappa shape index (κ2) is 13.2. The predicted molar refractivity (Wildman–Crippen MR) is 154 cm³/mol. The fourth-order valence-electron chi connectivity index (χ4n) is 5.69. The molecule has 1 N–H and O–H groups in total. The summed E-state index contributed by atoms with van der Waals surface area (Å²) < 4.78 is 27.3. The lowest BCUT2D eigenvalue weighted by Crippen LogP contribution is -2.42. The molecule has 2 aliphatic heterocycles. The molecule has 0 spiro atoms. The molecule has 0 bridgehead atoms. The highest BCUT2D eigenvalue weighted by Crippen LogP contribution is 2.41. The molecule has 1 aromatic carbocycles. The van der Waals surface area contributed by atoms with E-state index in [1.165, 1.54) is 0 Å². The SMILES string of the molecule is COc1ccc2ncc(CN3CCOCC3)c([C@@H](F)CCC3(CO)CCN(CC#Cc4cccs4)CC3)c2c1. The van der Waals surface area contributed by atoms with E-state index >= 15 is 4.39 Å². The highest BCUT2D eigenvalue weighted by atomic mass is 32.1. The Morgan fingerprint density at radius 2 is 2.00 bits per heavy atom. The molecule has 3 aromatic rings. The molecule has 0 saturated carbocycles. The van der Waals surface area contributed by atoms with Gasteiger partial charge in [-0.3, -0.25) is 14.8 Å². The Morgan fingerprint density at radius 1 is 1.18 bits per heavy atom. The van der Waals surface area contributed by atoms with Crippen molar-refractivity contribution in [3.63, 3.8) is 0 Å². The van der Waals surface area contributed by atoms with E-state index in [0.29, 0.717) is 43.9 Å². The maximum Gasteiger partial charge on any atom is 0.126 e. The number of benzene rings is 1. The summed E-state index contributed by atoms with van der Waals surface area (Å²) in [6.45, 7) is 6.23. The Balaban J connectivity index is 1.28. The minimum absolute atomic E-state index is 0.0833. The van der Waals surface area contributed by atoms with Crippen molar-refractivity contribution in [1.82, 2.24) is 14.8 Å². The van der Waals surface area contributed by atoms with Crippen LogP contribution in [0.1, 0.15) is 47.9 Å². The minimum atomic E-state index is -1.16. The Labute approximate surface area is 234 Å². The average molecular weight is 552 g/mol. The molecular weight excluding hydrogens is 513 g/mol. The number of nitrogens with zero attached hydrogens (tertiary/aromatic N) is 3. The monoisotopic (exact) mass is 551 g/mol. The fraction of sp³-hybridized carbons (Fsp3) is 0.516. The smallest absolute Gasteiger partial charge is 0.126 e. The minimum Gasteiger partial charge on any atom is -0.497 e. The molecule has 6 nitrogen and oxygen atoms in total. The first-order valence-electron chi connectivity index (χ1n) is 13.8. The number of fused-ring (bicyclic) bond motifs is 1. The summed E-state index contributed by atoms with van der Waals surface area (Å²) in [7, 11) is 1.63. The van der Waals surface area contributed by atoms with Gasteiger partial charge in [-0.05, 0) is 79.4 Å². The summed E-state index contributed by atoms with van der Waals surface area (Å²) in [6.07, 6.45) is 3.39. The van der Waals surface area contributed by atoms with E-state index < -0.39 is 6.17 Å². The van der Waals surface area contributed by atoms with Gasteiger partial charge in [-0.25, -0.2) is 4.39 Å². The normalized spacial score (nSPS) is 18.9. The maximum absolute atomic E-state index is 16.3. The first-order valence-corrected chi connectivity index (χ1v) is 14.7. The van der Waals surface area contributed by atoms with Gasteiger partial charge in [-0.1, -0.05) is 17.9 Å². The fourth-order valence-corrected chi connectivity index (χ4v) is 6.29. The van der Waals surface area contributed by atoms with Gasteiger partial charge in [0.1, 0.15) is 11.9 Å². The van der Waals surface area contributed by atoms with Crippen molar-refractivity contribution in [3.8, 4) is 17.6 Å². The van der Waals surface area contributed by atoms with Crippen molar-refractivity contribution < 1.29 is 19.0 Å². The number of pyridine rings is 1. The van der Waals surface area contributed by atoms with Crippen LogP contribution in [-0.2, 0) is 11.3 Å². The zero-order valence-electron chi connectivity index (χ0n) is 22.7. The van der Waals surface area contributed by atoms with E-state index in [0.717, 1.165) is 66.9 Å². The molecule has 4 heterocycles. The molecule has 1 atom stereocenters. The van der Waals surface area contributed by atoms with Crippen LogP contribution in [0.4, 0.5) is 4.39 Å². The van der Waals surface area contributed by atoms with Crippen molar-refractivity contribution >= 4 is 22.2 Å². The van der Waals surface area contributed by atoms with Gasteiger partial charge < -0.3 is 14.6 Å². The van der Waals surface area contributed by atoms with Gasteiger partial charge >= 0.3 is 0 Å². The molecule has 8 heteroatoms. The van der Waals surface area contributed by atoms with Crippen LogP contribution in [0.15, 0.2) is 41.9 Å². The van der Waals surface area contributed by atoms with E-state index in [2.05, 4.69) is 26.6 Å². The molecule has 0 aliphatic carbocycles. The zero-order valence-corrected chi connectivity index (χ0v) is 23.5. The van der Waals surface area contributed by atoms with Gasteiger partial charge in [0, 0.05) is 43.4 Å². The Hall–Kier alpha value is -2.54. The van der Waals surface area contributed by atoms with Crippen molar-refractivity contribution in [2.45, 2.75) is 38.4 Å². The average Bonchev–Trinajstić information content (AvgIpc) is 3.50. The van der Waals surface area contributed by atoms with Crippen LogP contribution in [-0.4, -0.2) is 79.5 Å². The predicted octanol–water partition coefficient (Wildman–Crippen LogP) is 5.05. The third-order valence-electron chi connectivity index (χ3n) is 8.23. The van der Waals surface area contributed by atoms with Gasteiger partial charge in [0.2, 0.25) is 0 Å². The summed E-state index contributed by atoms with van der Waals surface area (Å²) in [6, 6.07) is 9.72. The van der Waals surface area contributed by atoms with Gasteiger partial charge in [0.15, 0.2) is 0 Å². The number of morpholine rings is 1. The Bertz CT molecular complexity index is 1280. The third kappa shape index (κ3) is 6.97. The van der Waals surface area contributed by atoms with E-state index in [1.807, 2.05) is 41.9 Å². The lowest BCUT2D eigenvalue weighted by Gasteiger charge is -2.40. The number of halogens is 1. The lowest BCUT2D eigenvalue weighted by molar-refractivity contribution is 0.0323. The number of aliphatic hydroxyl groups excluding tert-OH is 1. The second-order valence-corrected chi connectivity index (χ2v) is 11.6. The number of hydrogen-bond donors (Lipinski definition) is 1. The van der Waals surface area contributed by atoms with Gasteiger partial charge in [0.05, 0.1) is 37.3 Å². The number of hydrogen-bond acceptors (Lipinski definition) is 7. The molecule has 2 aliphatic rings. The maximum atomic E-state index is 16.3. The van der Waals surface area contributed by atoms with E-state index in [4.69, 9.17) is 9.47 Å². The number of aliphatic hydroxyl groups is 1. The van der Waals surface area contributed by atoms with E-state index in [-0.39, 0.29) is 12.0 Å². The van der Waals surface area contributed by atoms with Crippen LogP contribution in [0.5, 0.6) is 5.75 Å². The van der Waals surface area contributed by atoms with E-state index in [9.17, 15) is 5.11 Å². The lowest BCUT2D eigenvalue weighted by atomic mass is 9.74. The zero-order chi connectivity index (χ0) is 27.1. The second-order valence-electron chi connectivity index (χ2n) is 10.7. The summed E-state index contributed by atoms with van der Waals surface area (Å²) in [5.41, 5.74) is 2.14. The summed E-state index contributed by atoms with van der Waals surface area (Å²) in [5, 5.41) is 13.3. The first-order chi connectivity index (χ1) is 19.1. The number of likely N-dealkylation sites (tertiary alicyclic amines) is 1. The molecule has 2 aromatic heterocycles. The summed E-state index contributed by atoms with van der Waals surface area (Å²) in [5.74, 6) is 7.20. The molecule has 0 radical (unpaired) electrons. The van der Waals surface area contributed by atoms with Crippen LogP contribution in [0.2, 0.25) is 0 Å². The molecular formula is C31H38FN3O3S. The van der Waals surface area contributed by atoms with Crippen molar-refractivity contribution in [3.05, 3.63) is 57.9 Å². The number of piperidine rings is 1. The molecule has 5 rings (SSSR count). The van der Waals surface area contributed by atoms with Gasteiger partial charge in [-0.15, -0.1) is 11.3 Å². The highest BCUT2D eigenvalue weighted by molar-refractivity contribution is 7.10. The summed E-state index contributed by atoms with van der Waals surface area (Å²) >= 11 is 1.65. The number of thiophene rings is 1. The Kier molecular flexibility index (Phi) is 9.49. The molecule has 2 fully saturated rings. The number of methoxy groups -OCH3 is 1. The Morgan fingerprint density at radius 3 is 2.72 bits per heavy atom. The summed E-state index contributed by atoms with van der Waals surface area (Å²) in [4.78, 5) is 10.4. The number of ether oxygens (including phenoxy) is 2. The quantitative estimate of drug-likeness (QED) is 0.376. The van der Waals surface area contributed by atoms with Gasteiger partial charge in [0.25, 0.3) is 0 Å². The number of aromatic nitrogens is 1. The van der Waals surface area contributed by atoms with Crippen LogP contribution >= 0.6 is 11.3 Å². The first kappa shape index (κ1) is 28.0. The molecule has 2 saturated heterocycles. The van der Waals surface area contributed by atoms with Crippen LogP contribution in [0.3, 0.4) is 0 Å². The topological polar surface area (TPSA) is 58.1 Å². The largest absolute Gasteiger partial charge is 0.497 e.